The van der Waals surface area contributed by atoms with Gasteiger partial charge < -0.3 is 24.7 Å². The van der Waals surface area contributed by atoms with Crippen molar-refractivity contribution in [3.63, 3.8) is 0 Å². The third-order valence-corrected chi connectivity index (χ3v) is 5.51. The van der Waals surface area contributed by atoms with Crippen LogP contribution in [0.25, 0.3) is 0 Å². The Morgan fingerprint density at radius 2 is 2.00 bits per heavy atom. The average Bonchev–Trinajstić information content (AvgIpc) is 2.70. The van der Waals surface area contributed by atoms with E-state index in [1.807, 2.05) is 11.8 Å². The first-order valence-electron chi connectivity index (χ1n) is 9.32. The zero-order valence-corrected chi connectivity index (χ0v) is 15.3. The minimum atomic E-state index is -0.723. The Kier molecular flexibility index (Phi) is 6.05. The number of carbonyl (C=O) groups excluding carboxylic acids is 1. The number of β-amino-alcohol motifs (C(OH)–C–C–N with tert-alkyl or cyclic N) is 1. The third kappa shape index (κ3) is 3.82. The van der Waals surface area contributed by atoms with Gasteiger partial charge in [-0.1, -0.05) is 13.3 Å². The summed E-state index contributed by atoms with van der Waals surface area (Å²) in [6.07, 6.45) is 4.61. The number of carbonyl (C=O) groups is 1. The molecule has 3 heterocycles. The molecule has 2 N–H and O–H groups in total. The average molecular weight is 364 g/mol. The molecule has 0 saturated carbocycles. The van der Waals surface area contributed by atoms with Crippen molar-refractivity contribution < 1.29 is 19.7 Å². The highest BCUT2D eigenvalue weighted by atomic mass is 16.5. The normalized spacial score (nSPS) is 26.8. The maximum Gasteiger partial charge on any atom is 0.257 e. The van der Waals surface area contributed by atoms with E-state index in [-0.39, 0.29) is 19.1 Å². The number of anilines is 1. The van der Waals surface area contributed by atoms with Gasteiger partial charge in [0.1, 0.15) is 0 Å². The fourth-order valence-corrected chi connectivity index (χ4v) is 3.80. The zero-order valence-electron chi connectivity index (χ0n) is 15.3. The lowest BCUT2D eigenvalue weighted by atomic mass is 9.73. The standard InChI is InChI=1S/C18H28N4O4/c1-2-3-18(13-23)4-5-22(12-15(18)24)16(25)14-10-19-17(20-11-14)21-6-8-26-9-7-21/h10-11,15,23-24H,2-9,12-13H2,1H3/t15-,18+/m0/s1. The minimum Gasteiger partial charge on any atom is -0.396 e. The van der Waals surface area contributed by atoms with Crippen molar-refractivity contribution in [2.45, 2.75) is 32.3 Å². The molecule has 0 aliphatic carbocycles. The van der Waals surface area contributed by atoms with Crippen LogP contribution >= 0.6 is 0 Å². The predicted octanol–water partition coefficient (Wildman–Crippen LogP) is 0.299. The number of aliphatic hydroxyl groups excluding tert-OH is 2. The molecular weight excluding hydrogens is 336 g/mol. The van der Waals surface area contributed by atoms with Crippen LogP contribution in [0.2, 0.25) is 0 Å². The first kappa shape index (κ1) is 19.0. The molecule has 2 aliphatic rings. The smallest absolute Gasteiger partial charge is 0.257 e. The summed E-state index contributed by atoms with van der Waals surface area (Å²) in [5.74, 6) is 0.423. The highest BCUT2D eigenvalue weighted by Gasteiger charge is 2.42. The SMILES string of the molecule is CCC[C@]1(CO)CCN(C(=O)c2cnc(N3CCOCC3)nc2)C[C@@H]1O. The first-order chi connectivity index (χ1) is 12.6. The number of ether oxygens (including phenoxy) is 1. The summed E-state index contributed by atoms with van der Waals surface area (Å²) in [6, 6.07) is 0. The number of amides is 1. The summed E-state index contributed by atoms with van der Waals surface area (Å²) >= 11 is 0. The Morgan fingerprint density at radius 1 is 1.31 bits per heavy atom. The summed E-state index contributed by atoms with van der Waals surface area (Å²) in [5, 5.41) is 20.3. The van der Waals surface area contributed by atoms with Crippen molar-refractivity contribution in [2.24, 2.45) is 5.41 Å². The molecule has 8 nitrogen and oxygen atoms in total. The predicted molar refractivity (Wildman–Crippen MR) is 96.0 cm³/mol. The van der Waals surface area contributed by atoms with Crippen molar-refractivity contribution >= 4 is 11.9 Å². The monoisotopic (exact) mass is 364 g/mol. The molecule has 26 heavy (non-hydrogen) atoms. The molecule has 3 rings (SSSR count). The Hall–Kier alpha value is -1.77. The summed E-state index contributed by atoms with van der Waals surface area (Å²) in [5.41, 5.74) is -0.0800. The fourth-order valence-electron chi connectivity index (χ4n) is 3.80. The Balaban J connectivity index is 1.64. The lowest BCUT2D eigenvalue weighted by molar-refractivity contribution is -0.0713. The van der Waals surface area contributed by atoms with Crippen LogP contribution in [0.1, 0.15) is 36.5 Å². The molecule has 2 fully saturated rings. The highest BCUT2D eigenvalue weighted by molar-refractivity contribution is 5.93. The summed E-state index contributed by atoms with van der Waals surface area (Å²) in [6.45, 7) is 5.52. The lowest BCUT2D eigenvalue weighted by Crippen LogP contribution is -2.54. The van der Waals surface area contributed by atoms with Gasteiger partial charge in [0.25, 0.3) is 5.91 Å². The van der Waals surface area contributed by atoms with Crippen LogP contribution in [0.4, 0.5) is 5.95 Å². The second kappa shape index (κ2) is 8.28. The van der Waals surface area contributed by atoms with Crippen LogP contribution in [0.3, 0.4) is 0 Å². The molecular formula is C18H28N4O4. The molecule has 0 unspecified atom stereocenters. The summed E-state index contributed by atoms with van der Waals surface area (Å²) in [4.78, 5) is 25.0. The quantitative estimate of drug-likeness (QED) is 0.775. The molecule has 1 aromatic heterocycles. The number of hydrogen-bond acceptors (Lipinski definition) is 7. The molecule has 2 atom stereocenters. The third-order valence-electron chi connectivity index (χ3n) is 5.51. The van der Waals surface area contributed by atoms with Crippen molar-refractivity contribution in [3.8, 4) is 0 Å². The molecule has 2 saturated heterocycles. The van der Waals surface area contributed by atoms with Gasteiger partial charge in [-0.2, -0.15) is 0 Å². The van der Waals surface area contributed by atoms with Crippen molar-refractivity contribution in [2.75, 3.05) is 50.9 Å². The van der Waals surface area contributed by atoms with Gasteiger partial charge in [-0.3, -0.25) is 4.79 Å². The molecule has 1 amide bonds. The number of likely N-dealkylation sites (tertiary alicyclic amines) is 1. The van der Waals surface area contributed by atoms with Crippen LogP contribution < -0.4 is 4.90 Å². The largest absolute Gasteiger partial charge is 0.396 e. The van der Waals surface area contributed by atoms with E-state index in [1.54, 1.807) is 17.3 Å². The molecule has 0 spiro atoms. The van der Waals surface area contributed by atoms with E-state index in [0.29, 0.717) is 37.7 Å². The van der Waals surface area contributed by atoms with Crippen LogP contribution in [0.15, 0.2) is 12.4 Å². The second-order valence-corrected chi connectivity index (χ2v) is 7.16. The van der Waals surface area contributed by atoms with Gasteiger partial charge in [-0.25, -0.2) is 9.97 Å². The maximum atomic E-state index is 12.7. The number of aliphatic hydroxyl groups is 2. The number of nitrogens with zero attached hydrogens (tertiary/aromatic N) is 4. The van der Waals surface area contributed by atoms with Gasteiger partial charge >= 0.3 is 0 Å². The van der Waals surface area contributed by atoms with Gasteiger partial charge in [0.05, 0.1) is 31.5 Å². The Labute approximate surface area is 153 Å². The van der Waals surface area contributed by atoms with E-state index in [1.165, 1.54) is 0 Å². The Bertz CT molecular complexity index is 606. The molecule has 1 aromatic rings. The summed E-state index contributed by atoms with van der Waals surface area (Å²) in [7, 11) is 0. The number of morpholine rings is 1. The number of hydrogen-bond donors (Lipinski definition) is 2. The summed E-state index contributed by atoms with van der Waals surface area (Å²) < 4.78 is 5.32. The molecule has 0 radical (unpaired) electrons. The zero-order chi connectivity index (χ0) is 18.6. The van der Waals surface area contributed by atoms with Crippen LogP contribution in [0, 0.1) is 5.41 Å². The second-order valence-electron chi connectivity index (χ2n) is 7.16. The van der Waals surface area contributed by atoms with E-state index < -0.39 is 11.5 Å². The number of rotatable bonds is 5. The fraction of sp³-hybridized carbons (Fsp3) is 0.722. The van der Waals surface area contributed by atoms with E-state index in [4.69, 9.17) is 4.74 Å². The molecule has 144 valence electrons. The number of aromatic nitrogens is 2. The van der Waals surface area contributed by atoms with Gasteiger partial charge in [0.2, 0.25) is 5.95 Å². The molecule has 0 bridgehead atoms. The highest BCUT2D eigenvalue weighted by Crippen LogP contribution is 2.36. The van der Waals surface area contributed by atoms with Crippen LogP contribution in [0.5, 0.6) is 0 Å². The van der Waals surface area contributed by atoms with E-state index in [9.17, 15) is 15.0 Å². The molecule has 2 aliphatic heterocycles. The van der Waals surface area contributed by atoms with Crippen molar-refractivity contribution in [3.05, 3.63) is 18.0 Å². The minimum absolute atomic E-state index is 0.0542. The van der Waals surface area contributed by atoms with Gasteiger partial charge in [0.15, 0.2) is 0 Å². The van der Waals surface area contributed by atoms with Gasteiger partial charge in [-0.05, 0) is 12.8 Å². The van der Waals surface area contributed by atoms with E-state index >= 15 is 0 Å². The first-order valence-corrected chi connectivity index (χ1v) is 9.32. The lowest BCUT2D eigenvalue weighted by Gasteiger charge is -2.44. The maximum absolute atomic E-state index is 12.7. The van der Waals surface area contributed by atoms with Crippen LogP contribution in [-0.4, -0.2) is 83.1 Å². The number of piperidine rings is 1. The molecule has 0 aromatic carbocycles. The van der Waals surface area contributed by atoms with Gasteiger partial charge in [-0.15, -0.1) is 0 Å². The molecule has 8 heteroatoms. The van der Waals surface area contributed by atoms with Gasteiger partial charge in [0, 0.05) is 44.0 Å². The Morgan fingerprint density at radius 3 is 2.58 bits per heavy atom. The topological polar surface area (TPSA) is 99.0 Å². The van der Waals surface area contributed by atoms with E-state index in [0.717, 1.165) is 25.9 Å². The van der Waals surface area contributed by atoms with Crippen molar-refractivity contribution in [1.82, 2.24) is 14.9 Å². The van der Waals surface area contributed by atoms with Crippen molar-refractivity contribution in [1.29, 1.82) is 0 Å². The van der Waals surface area contributed by atoms with E-state index in [2.05, 4.69) is 9.97 Å². The van der Waals surface area contributed by atoms with Crippen LogP contribution in [-0.2, 0) is 4.74 Å².